The number of aliphatic hydroxyl groups excluding tert-OH is 1. The van der Waals surface area contributed by atoms with Crippen molar-refractivity contribution in [3.63, 3.8) is 0 Å². The molecular weight excluding hydrogens is 234 g/mol. The minimum atomic E-state index is 0.133. The lowest BCUT2D eigenvalue weighted by Crippen LogP contribution is -2.34. The van der Waals surface area contributed by atoms with E-state index in [9.17, 15) is 0 Å². The first-order chi connectivity index (χ1) is 8.15. The van der Waals surface area contributed by atoms with Crippen molar-refractivity contribution in [1.29, 1.82) is 0 Å². The minimum absolute atomic E-state index is 0.133. The first kappa shape index (κ1) is 12.3. The van der Waals surface area contributed by atoms with E-state index in [0.717, 1.165) is 16.0 Å². The molecule has 0 spiro atoms. The van der Waals surface area contributed by atoms with E-state index in [1.807, 2.05) is 0 Å². The Morgan fingerprint density at radius 3 is 2.82 bits per heavy atom. The van der Waals surface area contributed by atoms with Crippen LogP contribution in [-0.2, 0) is 0 Å². The van der Waals surface area contributed by atoms with Gasteiger partial charge in [0.25, 0.3) is 0 Å². The Balaban J connectivity index is 2.52. The Morgan fingerprint density at radius 2 is 2.18 bits per heavy atom. The summed E-state index contributed by atoms with van der Waals surface area (Å²) in [4.78, 5) is 10.8. The maximum Gasteiger partial charge on any atom is 0.150 e. The number of hydrogen-bond donors (Lipinski definition) is 1. The summed E-state index contributed by atoms with van der Waals surface area (Å²) >= 11 is 1.66. The summed E-state index contributed by atoms with van der Waals surface area (Å²) in [6.07, 6.45) is 1.60. The molecule has 2 rings (SSSR count). The molecule has 1 N–H and O–H groups in total. The maximum absolute atomic E-state index is 9.14. The van der Waals surface area contributed by atoms with E-state index in [1.165, 1.54) is 5.56 Å². The predicted octanol–water partition coefficient (Wildman–Crippen LogP) is 2.21. The summed E-state index contributed by atoms with van der Waals surface area (Å²) < 4.78 is 1.10. The van der Waals surface area contributed by atoms with Crippen molar-refractivity contribution in [3.05, 3.63) is 17.3 Å². The molecular formula is C12H17N3OS. The molecule has 0 saturated carbocycles. The SMILES string of the molecule is Cc1csc2c(N(CCO)C(C)C)ncnc12. The molecule has 0 aliphatic carbocycles. The summed E-state index contributed by atoms with van der Waals surface area (Å²) in [5.74, 6) is 0.928. The highest BCUT2D eigenvalue weighted by molar-refractivity contribution is 7.18. The topological polar surface area (TPSA) is 49.2 Å². The molecule has 0 fully saturated rings. The molecule has 0 amide bonds. The number of aromatic nitrogens is 2. The number of hydrogen-bond acceptors (Lipinski definition) is 5. The van der Waals surface area contributed by atoms with Gasteiger partial charge in [-0.25, -0.2) is 9.97 Å². The summed E-state index contributed by atoms with van der Waals surface area (Å²) in [6.45, 7) is 6.99. The molecule has 17 heavy (non-hydrogen) atoms. The normalized spacial score (nSPS) is 11.4. The van der Waals surface area contributed by atoms with Gasteiger partial charge in [0.05, 0.1) is 16.8 Å². The van der Waals surface area contributed by atoms with Crippen LogP contribution in [0.1, 0.15) is 19.4 Å². The number of aryl methyl sites for hydroxylation is 1. The van der Waals surface area contributed by atoms with Gasteiger partial charge in [-0.1, -0.05) is 0 Å². The van der Waals surface area contributed by atoms with Crippen LogP contribution in [-0.4, -0.2) is 34.3 Å². The van der Waals surface area contributed by atoms with Crippen LogP contribution in [0, 0.1) is 6.92 Å². The molecule has 0 aliphatic rings. The Kier molecular flexibility index (Phi) is 3.59. The second kappa shape index (κ2) is 4.98. The lowest BCUT2D eigenvalue weighted by Gasteiger charge is -2.27. The quantitative estimate of drug-likeness (QED) is 0.905. The Bertz CT molecular complexity index is 509. The van der Waals surface area contributed by atoms with E-state index in [4.69, 9.17) is 5.11 Å². The second-order valence-corrected chi connectivity index (χ2v) is 5.18. The molecule has 2 aromatic rings. The molecule has 92 valence electrons. The average Bonchev–Trinajstić information content (AvgIpc) is 2.68. The Labute approximate surface area is 105 Å². The van der Waals surface area contributed by atoms with E-state index in [-0.39, 0.29) is 6.61 Å². The predicted molar refractivity (Wildman–Crippen MR) is 71.7 cm³/mol. The van der Waals surface area contributed by atoms with Crippen LogP contribution in [0.15, 0.2) is 11.7 Å². The largest absolute Gasteiger partial charge is 0.395 e. The third kappa shape index (κ3) is 2.25. The molecule has 0 saturated heterocycles. The molecule has 2 aromatic heterocycles. The summed E-state index contributed by atoms with van der Waals surface area (Å²) in [5, 5.41) is 11.2. The van der Waals surface area contributed by atoms with Gasteiger partial charge in [0.2, 0.25) is 0 Å². The van der Waals surface area contributed by atoms with E-state index >= 15 is 0 Å². The number of thiophene rings is 1. The third-order valence-corrected chi connectivity index (χ3v) is 3.83. The van der Waals surface area contributed by atoms with E-state index in [0.29, 0.717) is 12.6 Å². The van der Waals surface area contributed by atoms with Crippen LogP contribution in [0.5, 0.6) is 0 Å². The van der Waals surface area contributed by atoms with Crippen molar-refractivity contribution in [2.24, 2.45) is 0 Å². The molecule has 0 unspecified atom stereocenters. The van der Waals surface area contributed by atoms with Gasteiger partial charge in [-0.3, -0.25) is 0 Å². The fraction of sp³-hybridized carbons (Fsp3) is 0.500. The van der Waals surface area contributed by atoms with Crippen LogP contribution in [0.2, 0.25) is 0 Å². The van der Waals surface area contributed by atoms with Crippen LogP contribution in [0.3, 0.4) is 0 Å². The molecule has 0 radical (unpaired) electrons. The van der Waals surface area contributed by atoms with E-state index in [1.54, 1.807) is 17.7 Å². The highest BCUT2D eigenvalue weighted by Crippen LogP contribution is 2.31. The van der Waals surface area contributed by atoms with Crippen molar-refractivity contribution in [3.8, 4) is 0 Å². The van der Waals surface area contributed by atoms with Crippen LogP contribution < -0.4 is 4.90 Å². The second-order valence-electron chi connectivity index (χ2n) is 4.30. The van der Waals surface area contributed by atoms with E-state index in [2.05, 4.69) is 41.0 Å². The minimum Gasteiger partial charge on any atom is -0.395 e. The monoisotopic (exact) mass is 251 g/mol. The smallest absolute Gasteiger partial charge is 0.150 e. The number of rotatable bonds is 4. The highest BCUT2D eigenvalue weighted by atomic mass is 32.1. The molecule has 5 heteroatoms. The average molecular weight is 251 g/mol. The zero-order valence-corrected chi connectivity index (χ0v) is 11.2. The molecule has 4 nitrogen and oxygen atoms in total. The van der Waals surface area contributed by atoms with Gasteiger partial charge in [0, 0.05) is 12.6 Å². The lowest BCUT2D eigenvalue weighted by molar-refractivity contribution is 0.299. The molecule has 0 aromatic carbocycles. The Morgan fingerprint density at radius 1 is 1.41 bits per heavy atom. The van der Waals surface area contributed by atoms with Crippen LogP contribution >= 0.6 is 11.3 Å². The Hall–Kier alpha value is -1.20. The first-order valence-corrected chi connectivity index (χ1v) is 6.59. The standard InChI is InChI=1S/C12H17N3OS/c1-8(2)15(4-5-16)12-11-10(13-7-14-12)9(3)6-17-11/h6-8,16H,4-5H2,1-3H3. The zero-order chi connectivity index (χ0) is 12.4. The van der Waals surface area contributed by atoms with Crippen molar-refractivity contribution in [2.45, 2.75) is 26.8 Å². The van der Waals surface area contributed by atoms with Gasteiger partial charge in [0.1, 0.15) is 12.1 Å². The van der Waals surface area contributed by atoms with Crippen molar-refractivity contribution in [2.75, 3.05) is 18.1 Å². The first-order valence-electron chi connectivity index (χ1n) is 5.71. The van der Waals surface area contributed by atoms with Crippen molar-refractivity contribution in [1.82, 2.24) is 9.97 Å². The van der Waals surface area contributed by atoms with Gasteiger partial charge < -0.3 is 10.0 Å². The van der Waals surface area contributed by atoms with Gasteiger partial charge in [-0.15, -0.1) is 11.3 Å². The lowest BCUT2D eigenvalue weighted by atomic mass is 10.2. The summed E-state index contributed by atoms with van der Waals surface area (Å²) in [5.41, 5.74) is 2.20. The summed E-state index contributed by atoms with van der Waals surface area (Å²) in [7, 11) is 0. The zero-order valence-electron chi connectivity index (χ0n) is 10.3. The molecule has 0 atom stereocenters. The molecule has 0 bridgehead atoms. The van der Waals surface area contributed by atoms with Crippen molar-refractivity contribution >= 4 is 27.4 Å². The van der Waals surface area contributed by atoms with Crippen LogP contribution in [0.4, 0.5) is 5.82 Å². The van der Waals surface area contributed by atoms with Gasteiger partial charge >= 0.3 is 0 Å². The van der Waals surface area contributed by atoms with Gasteiger partial charge in [-0.05, 0) is 31.7 Å². The fourth-order valence-electron chi connectivity index (χ4n) is 1.88. The highest BCUT2D eigenvalue weighted by Gasteiger charge is 2.16. The van der Waals surface area contributed by atoms with E-state index < -0.39 is 0 Å². The maximum atomic E-state index is 9.14. The van der Waals surface area contributed by atoms with Crippen LogP contribution in [0.25, 0.3) is 10.2 Å². The number of anilines is 1. The van der Waals surface area contributed by atoms with Gasteiger partial charge in [0.15, 0.2) is 0 Å². The van der Waals surface area contributed by atoms with Gasteiger partial charge in [-0.2, -0.15) is 0 Å². The fourth-order valence-corrected chi connectivity index (χ4v) is 2.88. The molecule has 2 heterocycles. The number of nitrogens with zero attached hydrogens (tertiary/aromatic N) is 3. The summed E-state index contributed by atoms with van der Waals surface area (Å²) in [6, 6.07) is 0.308. The number of fused-ring (bicyclic) bond motifs is 1. The molecule has 0 aliphatic heterocycles. The number of aliphatic hydroxyl groups is 1. The third-order valence-electron chi connectivity index (χ3n) is 2.75. The van der Waals surface area contributed by atoms with Crippen molar-refractivity contribution < 1.29 is 5.11 Å².